The van der Waals surface area contributed by atoms with Crippen molar-refractivity contribution >= 4 is 17.2 Å². The van der Waals surface area contributed by atoms with Crippen LogP contribution in [0, 0.1) is 11.6 Å². The van der Waals surface area contributed by atoms with Crippen molar-refractivity contribution in [2.45, 2.75) is 25.8 Å². The lowest BCUT2D eigenvalue weighted by atomic mass is 10.0. The van der Waals surface area contributed by atoms with Crippen molar-refractivity contribution in [2.24, 2.45) is 0 Å². The first-order chi connectivity index (χ1) is 9.13. The van der Waals surface area contributed by atoms with Gasteiger partial charge in [0.15, 0.2) is 23.3 Å². The quantitative estimate of drug-likeness (QED) is 0.741. The van der Waals surface area contributed by atoms with Gasteiger partial charge in [-0.15, -0.1) is 0 Å². The molecule has 2 heterocycles. The van der Waals surface area contributed by atoms with Crippen molar-refractivity contribution in [2.75, 3.05) is 0 Å². The number of hydrogen-bond donors (Lipinski definition) is 0. The van der Waals surface area contributed by atoms with Crippen LogP contribution < -0.4 is 5.43 Å². The second-order valence-electron chi connectivity index (χ2n) is 4.70. The third-order valence-electron chi connectivity index (χ3n) is 3.62. The standard InChI is InChI=1S/C14H11F2NO2/c15-10-5-8-13(6-11(10)16)17-4-2-1-3-12(17)9(7-18)14(8)19/h5-7H,1-4H2. The third-order valence-corrected chi connectivity index (χ3v) is 3.62. The molecule has 0 unspecified atom stereocenters. The molecule has 0 radical (unpaired) electrons. The molecule has 1 aliphatic rings. The lowest BCUT2D eigenvalue weighted by Gasteiger charge is -2.22. The smallest absolute Gasteiger partial charge is 0.200 e. The summed E-state index contributed by atoms with van der Waals surface area (Å²) in [7, 11) is 0. The Morgan fingerprint density at radius 1 is 1.16 bits per heavy atom. The van der Waals surface area contributed by atoms with Crippen LogP contribution in [0.4, 0.5) is 8.78 Å². The zero-order valence-corrected chi connectivity index (χ0v) is 10.1. The molecule has 1 aromatic carbocycles. The number of nitrogens with zero attached hydrogens (tertiary/aromatic N) is 1. The topological polar surface area (TPSA) is 39.1 Å². The van der Waals surface area contributed by atoms with Gasteiger partial charge in [0.25, 0.3) is 0 Å². The molecule has 0 atom stereocenters. The Balaban J connectivity index is 2.52. The minimum atomic E-state index is -1.07. The molecule has 0 spiro atoms. The highest BCUT2D eigenvalue weighted by atomic mass is 19.2. The number of carbonyl (C=O) groups excluding carboxylic acids is 1. The Bertz CT molecular complexity index is 749. The Morgan fingerprint density at radius 2 is 1.89 bits per heavy atom. The van der Waals surface area contributed by atoms with Crippen molar-refractivity contribution in [3.63, 3.8) is 0 Å². The molecule has 0 bridgehead atoms. The number of fused-ring (bicyclic) bond motifs is 3. The molecule has 1 aliphatic heterocycles. The third kappa shape index (κ3) is 1.69. The highest BCUT2D eigenvalue weighted by Crippen LogP contribution is 2.24. The molecule has 98 valence electrons. The summed E-state index contributed by atoms with van der Waals surface area (Å²) in [6.07, 6.45) is 2.90. The number of rotatable bonds is 1. The van der Waals surface area contributed by atoms with Crippen LogP contribution in [0.2, 0.25) is 0 Å². The van der Waals surface area contributed by atoms with E-state index in [-0.39, 0.29) is 10.9 Å². The maximum atomic E-state index is 13.4. The van der Waals surface area contributed by atoms with E-state index >= 15 is 0 Å². The summed E-state index contributed by atoms with van der Waals surface area (Å²) in [5.74, 6) is -2.05. The molecule has 19 heavy (non-hydrogen) atoms. The predicted octanol–water partition coefficient (Wildman–Crippen LogP) is 2.43. The van der Waals surface area contributed by atoms with Gasteiger partial charge >= 0.3 is 0 Å². The molecule has 0 amide bonds. The van der Waals surface area contributed by atoms with Crippen LogP contribution in [0.1, 0.15) is 28.9 Å². The molecule has 2 aromatic rings. The molecule has 0 N–H and O–H groups in total. The van der Waals surface area contributed by atoms with Gasteiger partial charge in [-0.1, -0.05) is 0 Å². The van der Waals surface area contributed by atoms with Gasteiger partial charge in [-0.3, -0.25) is 9.59 Å². The summed E-state index contributed by atoms with van der Waals surface area (Å²) < 4.78 is 28.4. The van der Waals surface area contributed by atoms with Gasteiger partial charge in [0.1, 0.15) is 0 Å². The molecular formula is C14H11F2NO2. The van der Waals surface area contributed by atoms with Crippen molar-refractivity contribution in [3.8, 4) is 0 Å². The van der Waals surface area contributed by atoms with Gasteiger partial charge in [0.05, 0.1) is 11.1 Å². The van der Waals surface area contributed by atoms with E-state index in [1.165, 1.54) is 0 Å². The maximum absolute atomic E-state index is 13.4. The Kier molecular flexibility index (Phi) is 2.69. The minimum absolute atomic E-state index is 0.0617. The molecule has 0 aliphatic carbocycles. The lowest BCUT2D eigenvalue weighted by Crippen LogP contribution is -2.23. The monoisotopic (exact) mass is 263 g/mol. The van der Waals surface area contributed by atoms with Crippen molar-refractivity contribution in [1.82, 2.24) is 4.57 Å². The number of halogens is 2. The lowest BCUT2D eigenvalue weighted by molar-refractivity contribution is 0.112. The fraction of sp³-hybridized carbons (Fsp3) is 0.286. The predicted molar refractivity (Wildman–Crippen MR) is 66.4 cm³/mol. The van der Waals surface area contributed by atoms with E-state index in [9.17, 15) is 18.4 Å². The Morgan fingerprint density at radius 3 is 2.63 bits per heavy atom. The van der Waals surface area contributed by atoms with E-state index in [2.05, 4.69) is 0 Å². The van der Waals surface area contributed by atoms with Crippen LogP contribution in [-0.4, -0.2) is 10.9 Å². The van der Waals surface area contributed by atoms with Gasteiger partial charge in [0, 0.05) is 23.7 Å². The largest absolute Gasteiger partial charge is 0.344 e. The first-order valence-electron chi connectivity index (χ1n) is 6.13. The number of aryl methyl sites for hydroxylation is 1. The molecule has 3 nitrogen and oxygen atoms in total. The zero-order valence-electron chi connectivity index (χ0n) is 10.1. The summed E-state index contributed by atoms with van der Waals surface area (Å²) in [6, 6.07) is 1.91. The summed E-state index contributed by atoms with van der Waals surface area (Å²) in [5, 5.41) is 0.0617. The van der Waals surface area contributed by atoms with Gasteiger partial charge in [0.2, 0.25) is 0 Å². The summed E-state index contributed by atoms with van der Waals surface area (Å²) in [5.41, 5.74) is 0.546. The van der Waals surface area contributed by atoms with Crippen LogP contribution in [0.3, 0.4) is 0 Å². The molecule has 5 heteroatoms. The molecule has 0 saturated heterocycles. The van der Waals surface area contributed by atoms with E-state index in [0.717, 1.165) is 25.0 Å². The second-order valence-corrected chi connectivity index (χ2v) is 4.70. The number of aromatic nitrogens is 1. The molecular weight excluding hydrogens is 252 g/mol. The van der Waals surface area contributed by atoms with E-state index in [1.807, 2.05) is 0 Å². The highest BCUT2D eigenvalue weighted by molar-refractivity contribution is 5.88. The van der Waals surface area contributed by atoms with Crippen molar-refractivity contribution in [3.05, 3.63) is 45.2 Å². The maximum Gasteiger partial charge on any atom is 0.200 e. The summed E-state index contributed by atoms with van der Waals surface area (Å²) in [6.45, 7) is 0.609. The fourth-order valence-corrected chi connectivity index (χ4v) is 2.72. The zero-order chi connectivity index (χ0) is 13.6. The number of benzene rings is 1. The van der Waals surface area contributed by atoms with Gasteiger partial charge in [-0.25, -0.2) is 8.78 Å². The van der Waals surface area contributed by atoms with Crippen LogP contribution in [0.5, 0.6) is 0 Å². The number of hydrogen-bond acceptors (Lipinski definition) is 2. The van der Waals surface area contributed by atoms with E-state index in [0.29, 0.717) is 30.5 Å². The first-order valence-corrected chi connectivity index (χ1v) is 6.13. The molecule has 0 saturated carbocycles. The van der Waals surface area contributed by atoms with Crippen LogP contribution >= 0.6 is 0 Å². The van der Waals surface area contributed by atoms with Gasteiger partial charge < -0.3 is 4.57 Å². The normalized spacial score (nSPS) is 14.4. The highest BCUT2D eigenvalue weighted by Gasteiger charge is 2.20. The van der Waals surface area contributed by atoms with Crippen molar-refractivity contribution < 1.29 is 13.6 Å². The minimum Gasteiger partial charge on any atom is -0.344 e. The van der Waals surface area contributed by atoms with Gasteiger partial charge in [-0.2, -0.15) is 0 Å². The molecule has 0 fully saturated rings. The number of carbonyl (C=O) groups is 1. The van der Waals surface area contributed by atoms with Gasteiger partial charge in [-0.05, 0) is 25.3 Å². The SMILES string of the molecule is O=Cc1c2n(c3cc(F)c(F)cc3c1=O)CCCC2. The summed E-state index contributed by atoms with van der Waals surface area (Å²) >= 11 is 0. The average Bonchev–Trinajstić information content (AvgIpc) is 2.42. The fourth-order valence-electron chi connectivity index (χ4n) is 2.72. The molecule has 1 aromatic heterocycles. The van der Waals surface area contributed by atoms with E-state index in [1.54, 1.807) is 4.57 Å². The van der Waals surface area contributed by atoms with E-state index in [4.69, 9.17) is 0 Å². The second kappa shape index (κ2) is 4.26. The molecule has 3 rings (SSSR count). The average molecular weight is 263 g/mol. The Hall–Kier alpha value is -2.04. The first kappa shape index (κ1) is 12.0. The number of pyridine rings is 1. The Labute approximate surface area is 107 Å². The van der Waals surface area contributed by atoms with Crippen LogP contribution in [-0.2, 0) is 13.0 Å². The summed E-state index contributed by atoms with van der Waals surface area (Å²) in [4.78, 5) is 23.3. The van der Waals surface area contributed by atoms with Crippen LogP contribution in [0.15, 0.2) is 16.9 Å². The van der Waals surface area contributed by atoms with Crippen LogP contribution in [0.25, 0.3) is 10.9 Å². The van der Waals surface area contributed by atoms with Crippen molar-refractivity contribution in [1.29, 1.82) is 0 Å². The van der Waals surface area contributed by atoms with E-state index < -0.39 is 17.1 Å². The number of aldehydes is 1.